The summed E-state index contributed by atoms with van der Waals surface area (Å²) in [5.74, 6) is 1.38. The molecule has 1 aliphatic carbocycles. The zero-order valence-corrected chi connectivity index (χ0v) is 13.2. The first-order valence-electron chi connectivity index (χ1n) is 8.16. The second kappa shape index (κ2) is 6.88. The minimum absolute atomic E-state index is 0.547. The fourth-order valence-electron chi connectivity index (χ4n) is 3.20. The van der Waals surface area contributed by atoms with E-state index in [-0.39, 0.29) is 0 Å². The average Bonchev–Trinajstić information content (AvgIpc) is 3.08. The van der Waals surface area contributed by atoms with Gasteiger partial charge in [-0.3, -0.25) is 0 Å². The third kappa shape index (κ3) is 3.12. The maximum absolute atomic E-state index is 5.62. The molecule has 1 aromatic heterocycles. The Kier molecular flexibility index (Phi) is 4.68. The highest BCUT2D eigenvalue weighted by Gasteiger charge is 2.22. The van der Waals surface area contributed by atoms with Crippen molar-refractivity contribution in [3.63, 3.8) is 0 Å². The molecule has 0 saturated heterocycles. The molecule has 0 unspecified atom stereocenters. The number of nitrogens with one attached hydrogen (secondary N) is 1. The molecule has 22 heavy (non-hydrogen) atoms. The summed E-state index contributed by atoms with van der Waals surface area (Å²) in [7, 11) is 0. The van der Waals surface area contributed by atoms with Crippen LogP contribution in [-0.2, 0) is 0 Å². The van der Waals surface area contributed by atoms with Crippen molar-refractivity contribution in [3.8, 4) is 11.4 Å². The predicted octanol–water partition coefficient (Wildman–Crippen LogP) is 3.48. The van der Waals surface area contributed by atoms with E-state index in [0.717, 1.165) is 23.6 Å². The van der Waals surface area contributed by atoms with Gasteiger partial charge in [0.2, 0.25) is 0 Å². The van der Waals surface area contributed by atoms with Gasteiger partial charge in [0.15, 0.2) is 5.82 Å². The van der Waals surface area contributed by atoms with E-state index < -0.39 is 0 Å². The molecule has 1 heterocycles. The van der Waals surface area contributed by atoms with Crippen molar-refractivity contribution < 1.29 is 0 Å². The lowest BCUT2D eigenvalue weighted by molar-refractivity contribution is 0.696. The van der Waals surface area contributed by atoms with Crippen LogP contribution in [0.2, 0.25) is 0 Å². The highest BCUT2D eigenvalue weighted by atomic mass is 15.0. The molecule has 3 N–H and O–H groups in total. The van der Waals surface area contributed by atoms with Crippen LogP contribution >= 0.6 is 0 Å². The normalized spacial score (nSPS) is 15.2. The number of hydrogen-bond donors (Lipinski definition) is 2. The smallest absolute Gasteiger partial charge is 0.159 e. The van der Waals surface area contributed by atoms with Crippen molar-refractivity contribution in [1.82, 2.24) is 9.97 Å². The average molecular weight is 296 g/mol. The van der Waals surface area contributed by atoms with Gasteiger partial charge in [-0.1, -0.05) is 37.1 Å². The molecule has 116 valence electrons. The molecule has 1 fully saturated rings. The number of nitrogens with two attached hydrogens (primary N) is 1. The Morgan fingerprint density at radius 3 is 2.73 bits per heavy atom. The second-order valence-electron chi connectivity index (χ2n) is 6.00. The third-order valence-corrected chi connectivity index (χ3v) is 4.41. The molecule has 4 heteroatoms. The molecule has 0 spiro atoms. The van der Waals surface area contributed by atoms with Crippen LogP contribution in [0.25, 0.3) is 11.4 Å². The third-order valence-electron chi connectivity index (χ3n) is 4.41. The lowest BCUT2D eigenvalue weighted by Gasteiger charge is -2.16. The Hall–Kier alpha value is -1.94. The standard InChI is InChI=1S/C18H24N4/c1-13-6-2-5-9-15(13)18-21-12-16(20-11-10-19)17(22-18)14-7-3-4-8-14/h2,5-6,9,12,14,20H,3-4,7-8,10-11,19H2,1H3. The fourth-order valence-corrected chi connectivity index (χ4v) is 3.20. The number of rotatable bonds is 5. The summed E-state index contributed by atoms with van der Waals surface area (Å²) in [4.78, 5) is 9.50. The van der Waals surface area contributed by atoms with Gasteiger partial charge in [-0.25, -0.2) is 9.97 Å². The van der Waals surface area contributed by atoms with Crippen molar-refractivity contribution in [1.29, 1.82) is 0 Å². The number of aromatic nitrogens is 2. The van der Waals surface area contributed by atoms with E-state index in [2.05, 4.69) is 29.4 Å². The maximum Gasteiger partial charge on any atom is 0.159 e. The number of aryl methyl sites for hydroxylation is 1. The molecule has 2 aromatic rings. The molecule has 0 atom stereocenters. The molecule has 0 bridgehead atoms. The van der Waals surface area contributed by atoms with Gasteiger partial charge in [-0.2, -0.15) is 0 Å². The van der Waals surface area contributed by atoms with Gasteiger partial charge < -0.3 is 11.1 Å². The quantitative estimate of drug-likeness (QED) is 0.886. The van der Waals surface area contributed by atoms with Gasteiger partial charge in [0.1, 0.15) is 0 Å². The number of hydrogen-bond acceptors (Lipinski definition) is 4. The summed E-state index contributed by atoms with van der Waals surface area (Å²) >= 11 is 0. The summed E-state index contributed by atoms with van der Waals surface area (Å²) in [5.41, 5.74) is 10.2. The Balaban J connectivity index is 1.99. The molecule has 0 radical (unpaired) electrons. The van der Waals surface area contributed by atoms with E-state index in [4.69, 9.17) is 10.7 Å². The fraction of sp³-hybridized carbons (Fsp3) is 0.444. The first kappa shape index (κ1) is 15.0. The van der Waals surface area contributed by atoms with Crippen LogP contribution in [-0.4, -0.2) is 23.1 Å². The maximum atomic E-state index is 5.62. The lowest BCUT2D eigenvalue weighted by atomic mass is 10.0. The summed E-state index contributed by atoms with van der Waals surface area (Å²) in [6, 6.07) is 8.29. The Bertz CT molecular complexity index is 633. The van der Waals surface area contributed by atoms with Gasteiger partial charge >= 0.3 is 0 Å². The SMILES string of the molecule is Cc1ccccc1-c1ncc(NCCN)c(C2CCCC2)n1. The monoisotopic (exact) mass is 296 g/mol. The lowest BCUT2D eigenvalue weighted by Crippen LogP contribution is -2.16. The first-order valence-corrected chi connectivity index (χ1v) is 8.16. The van der Waals surface area contributed by atoms with Gasteiger partial charge in [-0.15, -0.1) is 0 Å². The van der Waals surface area contributed by atoms with Crippen molar-refractivity contribution in [2.45, 2.75) is 38.5 Å². The number of benzene rings is 1. The number of anilines is 1. The van der Waals surface area contributed by atoms with Crippen LogP contribution in [0.4, 0.5) is 5.69 Å². The minimum atomic E-state index is 0.547. The van der Waals surface area contributed by atoms with E-state index in [1.54, 1.807) is 0 Å². The molecule has 1 saturated carbocycles. The molecule has 1 aliphatic rings. The topological polar surface area (TPSA) is 63.8 Å². The molecule has 4 nitrogen and oxygen atoms in total. The van der Waals surface area contributed by atoms with E-state index in [1.807, 2.05) is 18.3 Å². The van der Waals surface area contributed by atoms with Crippen molar-refractivity contribution in [2.75, 3.05) is 18.4 Å². The zero-order chi connectivity index (χ0) is 15.4. The summed E-state index contributed by atoms with van der Waals surface area (Å²) in [6.45, 7) is 3.48. The van der Waals surface area contributed by atoms with E-state index >= 15 is 0 Å². The van der Waals surface area contributed by atoms with Gasteiger partial charge in [0.05, 0.1) is 17.6 Å². The van der Waals surface area contributed by atoms with E-state index in [9.17, 15) is 0 Å². The molecular weight excluding hydrogens is 272 g/mol. The van der Waals surface area contributed by atoms with Crippen molar-refractivity contribution in [2.24, 2.45) is 5.73 Å². The predicted molar refractivity (Wildman–Crippen MR) is 91.0 cm³/mol. The molecule has 1 aromatic carbocycles. The van der Waals surface area contributed by atoms with Crippen LogP contribution in [0, 0.1) is 6.92 Å². The van der Waals surface area contributed by atoms with Gasteiger partial charge in [-0.05, 0) is 25.3 Å². The van der Waals surface area contributed by atoms with Crippen LogP contribution in [0.1, 0.15) is 42.9 Å². The highest BCUT2D eigenvalue weighted by molar-refractivity contribution is 5.62. The Labute approximate surface area is 132 Å². The van der Waals surface area contributed by atoms with Crippen molar-refractivity contribution in [3.05, 3.63) is 41.7 Å². The first-order chi connectivity index (χ1) is 10.8. The largest absolute Gasteiger partial charge is 0.381 e. The van der Waals surface area contributed by atoms with Crippen LogP contribution in [0.3, 0.4) is 0 Å². The highest BCUT2D eigenvalue weighted by Crippen LogP contribution is 2.37. The van der Waals surface area contributed by atoms with Gasteiger partial charge in [0, 0.05) is 24.6 Å². The summed E-state index contributed by atoms with van der Waals surface area (Å²) in [5, 5.41) is 3.38. The minimum Gasteiger partial charge on any atom is -0.381 e. The second-order valence-corrected chi connectivity index (χ2v) is 6.00. The summed E-state index contributed by atoms with van der Waals surface area (Å²) in [6.07, 6.45) is 6.97. The van der Waals surface area contributed by atoms with E-state index in [0.29, 0.717) is 12.5 Å². The van der Waals surface area contributed by atoms with Crippen molar-refractivity contribution >= 4 is 5.69 Å². The summed E-state index contributed by atoms with van der Waals surface area (Å²) < 4.78 is 0. The Morgan fingerprint density at radius 2 is 2.00 bits per heavy atom. The molecule has 0 aliphatic heterocycles. The van der Waals surface area contributed by atoms with Crippen LogP contribution in [0.15, 0.2) is 30.5 Å². The van der Waals surface area contributed by atoms with E-state index in [1.165, 1.54) is 36.9 Å². The molecule has 3 rings (SSSR count). The van der Waals surface area contributed by atoms with Gasteiger partial charge in [0.25, 0.3) is 0 Å². The Morgan fingerprint density at radius 1 is 1.23 bits per heavy atom. The van der Waals surface area contributed by atoms with Crippen LogP contribution in [0.5, 0.6) is 0 Å². The zero-order valence-electron chi connectivity index (χ0n) is 13.2. The molecular formula is C18H24N4. The molecule has 0 amide bonds. The number of nitrogens with zero attached hydrogens (tertiary/aromatic N) is 2. The van der Waals surface area contributed by atoms with Crippen LogP contribution < -0.4 is 11.1 Å².